The molecule has 4 nitrogen and oxygen atoms in total. The summed E-state index contributed by atoms with van der Waals surface area (Å²) in [6.07, 6.45) is 0.573. The van der Waals surface area contributed by atoms with Crippen molar-refractivity contribution in [1.29, 1.82) is 0 Å². The topological polar surface area (TPSA) is 55.4 Å². The van der Waals surface area contributed by atoms with Gasteiger partial charge in [-0.1, -0.05) is 18.5 Å². The summed E-state index contributed by atoms with van der Waals surface area (Å²) in [4.78, 5) is 0.146. The number of halogens is 1. The highest BCUT2D eigenvalue weighted by Gasteiger charge is 2.26. The first-order chi connectivity index (χ1) is 7.53. The summed E-state index contributed by atoms with van der Waals surface area (Å²) in [6.45, 7) is 2.22. The first-order valence-corrected chi connectivity index (χ1v) is 6.85. The van der Waals surface area contributed by atoms with E-state index in [9.17, 15) is 8.42 Å². The van der Waals surface area contributed by atoms with Crippen LogP contribution in [0.2, 0.25) is 5.02 Å². The first kappa shape index (κ1) is 11.7. The normalized spacial score (nSPS) is 23.0. The molecule has 0 bridgehead atoms. The number of hydrogen-bond donors (Lipinski definition) is 1. The highest BCUT2D eigenvalue weighted by molar-refractivity contribution is 7.89. The van der Waals surface area contributed by atoms with Crippen molar-refractivity contribution in [3.05, 3.63) is 23.2 Å². The Balaban J connectivity index is 2.53. The highest BCUT2D eigenvalue weighted by Crippen LogP contribution is 2.30. The number of fused-ring (bicyclic) bond motifs is 1. The van der Waals surface area contributed by atoms with Crippen molar-refractivity contribution in [2.24, 2.45) is 0 Å². The van der Waals surface area contributed by atoms with E-state index in [-0.39, 0.29) is 17.5 Å². The average Bonchev–Trinajstić information content (AvgIpc) is 2.35. The second kappa shape index (κ2) is 4.24. The molecular formula is C10H12ClNO3S. The molecule has 16 heavy (non-hydrogen) atoms. The fourth-order valence-corrected chi connectivity index (χ4v) is 2.87. The van der Waals surface area contributed by atoms with Crippen molar-refractivity contribution in [2.45, 2.75) is 24.3 Å². The average molecular weight is 262 g/mol. The van der Waals surface area contributed by atoms with E-state index in [0.717, 1.165) is 6.42 Å². The van der Waals surface area contributed by atoms with Crippen molar-refractivity contribution in [3.8, 4) is 5.75 Å². The summed E-state index contributed by atoms with van der Waals surface area (Å²) < 4.78 is 31.8. The SMILES string of the molecule is CC[C@@H]1CNS(=O)(=O)c2ccc(Cl)cc2O1. The Morgan fingerprint density at radius 1 is 1.56 bits per heavy atom. The van der Waals surface area contributed by atoms with Gasteiger partial charge in [-0.25, -0.2) is 13.1 Å². The van der Waals surface area contributed by atoms with Gasteiger partial charge in [-0.15, -0.1) is 0 Å². The van der Waals surface area contributed by atoms with Gasteiger partial charge in [0.25, 0.3) is 0 Å². The summed E-state index contributed by atoms with van der Waals surface area (Å²) >= 11 is 5.82. The van der Waals surface area contributed by atoms with E-state index < -0.39 is 10.0 Å². The molecule has 0 spiro atoms. The minimum atomic E-state index is -3.47. The maximum Gasteiger partial charge on any atom is 0.244 e. The predicted molar refractivity (Wildman–Crippen MR) is 61.3 cm³/mol. The van der Waals surface area contributed by atoms with Crippen LogP contribution in [0.5, 0.6) is 5.75 Å². The maximum absolute atomic E-state index is 11.8. The Bertz CT molecular complexity index is 501. The van der Waals surface area contributed by atoms with Gasteiger partial charge in [0.15, 0.2) is 0 Å². The molecule has 1 aromatic rings. The maximum atomic E-state index is 11.8. The molecule has 0 fully saturated rings. The Kier molecular flexibility index (Phi) is 3.10. The summed E-state index contributed by atoms with van der Waals surface area (Å²) in [7, 11) is -3.47. The van der Waals surface area contributed by atoms with Crippen molar-refractivity contribution >= 4 is 21.6 Å². The Labute approximate surface area is 99.6 Å². The van der Waals surface area contributed by atoms with Crippen LogP contribution in [0.15, 0.2) is 23.1 Å². The minimum Gasteiger partial charge on any atom is -0.488 e. The van der Waals surface area contributed by atoms with Crippen LogP contribution < -0.4 is 9.46 Å². The van der Waals surface area contributed by atoms with Gasteiger partial charge < -0.3 is 4.74 Å². The van der Waals surface area contributed by atoms with Gasteiger partial charge in [-0.2, -0.15) is 0 Å². The molecule has 1 aliphatic rings. The van der Waals surface area contributed by atoms with Crippen LogP contribution in [0.25, 0.3) is 0 Å². The number of ether oxygens (including phenoxy) is 1. The molecule has 1 aromatic carbocycles. The lowest BCUT2D eigenvalue weighted by Gasteiger charge is -2.13. The first-order valence-electron chi connectivity index (χ1n) is 4.99. The molecule has 1 heterocycles. The quantitative estimate of drug-likeness (QED) is 0.839. The van der Waals surface area contributed by atoms with E-state index in [1.54, 1.807) is 0 Å². The van der Waals surface area contributed by atoms with Gasteiger partial charge in [0.1, 0.15) is 16.7 Å². The Morgan fingerprint density at radius 3 is 3.00 bits per heavy atom. The number of benzene rings is 1. The van der Waals surface area contributed by atoms with Crippen molar-refractivity contribution in [2.75, 3.05) is 6.54 Å². The summed E-state index contributed by atoms with van der Waals surface area (Å²) in [5.41, 5.74) is 0. The zero-order chi connectivity index (χ0) is 11.8. The van der Waals surface area contributed by atoms with Gasteiger partial charge in [0.2, 0.25) is 10.0 Å². The van der Waals surface area contributed by atoms with Gasteiger partial charge in [0.05, 0.1) is 0 Å². The van der Waals surface area contributed by atoms with Crippen LogP contribution in [-0.2, 0) is 10.0 Å². The van der Waals surface area contributed by atoms with E-state index in [4.69, 9.17) is 16.3 Å². The second-order valence-corrected chi connectivity index (χ2v) is 5.76. The van der Waals surface area contributed by atoms with Crippen LogP contribution >= 0.6 is 11.6 Å². The van der Waals surface area contributed by atoms with Crippen LogP contribution in [0.1, 0.15) is 13.3 Å². The van der Waals surface area contributed by atoms with Gasteiger partial charge in [-0.05, 0) is 18.6 Å². The van der Waals surface area contributed by atoms with Crippen LogP contribution in [0, 0.1) is 0 Å². The zero-order valence-corrected chi connectivity index (χ0v) is 10.3. The van der Waals surface area contributed by atoms with Crippen molar-refractivity contribution in [1.82, 2.24) is 4.72 Å². The molecule has 0 amide bonds. The molecule has 0 aliphatic carbocycles. The van der Waals surface area contributed by atoms with Gasteiger partial charge in [-0.3, -0.25) is 0 Å². The molecule has 88 valence electrons. The Morgan fingerprint density at radius 2 is 2.31 bits per heavy atom. The van der Waals surface area contributed by atoms with Crippen LogP contribution in [-0.4, -0.2) is 21.1 Å². The smallest absolute Gasteiger partial charge is 0.244 e. The monoisotopic (exact) mass is 261 g/mol. The molecule has 0 radical (unpaired) electrons. The van der Waals surface area contributed by atoms with Crippen molar-refractivity contribution < 1.29 is 13.2 Å². The number of sulfonamides is 1. The van der Waals surface area contributed by atoms with Gasteiger partial charge in [0, 0.05) is 17.6 Å². The Hall–Kier alpha value is -0.780. The summed E-state index contributed by atoms with van der Waals surface area (Å²) in [5.74, 6) is 0.323. The van der Waals surface area contributed by atoms with Crippen LogP contribution in [0.3, 0.4) is 0 Å². The van der Waals surface area contributed by atoms with Crippen LogP contribution in [0.4, 0.5) is 0 Å². The lowest BCUT2D eigenvalue weighted by molar-refractivity contribution is 0.200. The van der Waals surface area contributed by atoms with E-state index in [1.807, 2.05) is 6.92 Å². The fourth-order valence-electron chi connectivity index (χ4n) is 1.53. The lowest BCUT2D eigenvalue weighted by Crippen LogP contribution is -2.31. The third-order valence-electron chi connectivity index (χ3n) is 2.45. The third kappa shape index (κ3) is 2.16. The van der Waals surface area contributed by atoms with Gasteiger partial charge >= 0.3 is 0 Å². The van der Waals surface area contributed by atoms with E-state index in [2.05, 4.69) is 4.72 Å². The molecule has 1 aliphatic heterocycles. The standard InChI is InChI=1S/C10H12ClNO3S/c1-2-8-6-12-16(13,14)10-4-3-7(11)5-9(10)15-8/h3-5,8,12H,2,6H2,1H3/t8-/m1/s1. The van der Waals surface area contributed by atoms with E-state index >= 15 is 0 Å². The molecule has 1 N–H and O–H groups in total. The van der Waals surface area contributed by atoms with E-state index in [1.165, 1.54) is 18.2 Å². The molecule has 2 rings (SSSR count). The molecule has 0 saturated carbocycles. The molecule has 0 unspecified atom stereocenters. The molecule has 0 aromatic heterocycles. The third-order valence-corrected chi connectivity index (χ3v) is 4.14. The molecule has 1 atom stereocenters. The largest absolute Gasteiger partial charge is 0.488 e. The summed E-state index contributed by atoms with van der Waals surface area (Å²) in [6, 6.07) is 4.53. The predicted octanol–water partition coefficient (Wildman–Crippen LogP) is 1.79. The fraction of sp³-hybridized carbons (Fsp3) is 0.400. The highest BCUT2D eigenvalue weighted by atomic mass is 35.5. The minimum absolute atomic E-state index is 0.146. The second-order valence-electron chi connectivity index (χ2n) is 3.59. The van der Waals surface area contributed by atoms with E-state index in [0.29, 0.717) is 10.8 Å². The molecule has 0 saturated heterocycles. The lowest BCUT2D eigenvalue weighted by atomic mass is 10.2. The number of hydrogen-bond acceptors (Lipinski definition) is 3. The summed E-state index contributed by atoms with van der Waals surface area (Å²) in [5, 5.41) is 0.464. The van der Waals surface area contributed by atoms with Crippen molar-refractivity contribution in [3.63, 3.8) is 0 Å². The molecule has 6 heteroatoms. The number of nitrogens with one attached hydrogen (secondary N) is 1. The molecular weight excluding hydrogens is 250 g/mol. The number of rotatable bonds is 1. The zero-order valence-electron chi connectivity index (χ0n) is 8.73.